The molecule has 4 heteroatoms. The van der Waals surface area contributed by atoms with E-state index in [1.807, 2.05) is 0 Å². The maximum atomic E-state index is 11.5. The maximum absolute atomic E-state index is 11.5. The summed E-state index contributed by atoms with van der Waals surface area (Å²) in [7, 11) is 0. The first-order chi connectivity index (χ1) is 8.02. The third-order valence-electron chi connectivity index (χ3n) is 2.18. The molecule has 17 heavy (non-hydrogen) atoms. The summed E-state index contributed by atoms with van der Waals surface area (Å²) in [6.07, 6.45) is 5.41. The Morgan fingerprint density at radius 1 is 1.06 bits per heavy atom. The van der Waals surface area contributed by atoms with E-state index in [1.165, 1.54) is 0 Å². The molecule has 0 saturated heterocycles. The summed E-state index contributed by atoms with van der Waals surface area (Å²) in [6.45, 7) is 8.04. The van der Waals surface area contributed by atoms with E-state index in [-0.39, 0.29) is 5.97 Å². The van der Waals surface area contributed by atoms with Gasteiger partial charge in [0.1, 0.15) is 0 Å². The van der Waals surface area contributed by atoms with Gasteiger partial charge in [0, 0.05) is 20.3 Å². The minimum atomic E-state index is -1.00. The Hall–Kier alpha value is -0.610. The first kappa shape index (κ1) is 16.4. The van der Waals surface area contributed by atoms with Gasteiger partial charge in [-0.25, -0.2) is 4.89 Å². The fourth-order valence-corrected chi connectivity index (χ4v) is 1.25. The standard InChI is InChI=1S/C13H26O4/c1-5-7-9-10-12(14)16-13(3,4)17-15-11-8-6-2/h5-11H2,1-4H3. The Bertz CT molecular complexity index is 202. The second-order valence-electron chi connectivity index (χ2n) is 4.59. The third-order valence-corrected chi connectivity index (χ3v) is 2.18. The molecular formula is C13H26O4. The summed E-state index contributed by atoms with van der Waals surface area (Å²) in [5.41, 5.74) is 0. The Morgan fingerprint density at radius 2 is 1.71 bits per heavy atom. The monoisotopic (exact) mass is 246 g/mol. The van der Waals surface area contributed by atoms with Crippen molar-refractivity contribution in [1.82, 2.24) is 0 Å². The molecule has 0 amide bonds. The molecule has 0 aromatic carbocycles. The van der Waals surface area contributed by atoms with E-state index >= 15 is 0 Å². The van der Waals surface area contributed by atoms with Crippen LogP contribution in [0.4, 0.5) is 0 Å². The zero-order valence-corrected chi connectivity index (χ0v) is 11.6. The van der Waals surface area contributed by atoms with Crippen LogP contribution in [0.3, 0.4) is 0 Å². The average Bonchev–Trinajstić information content (AvgIpc) is 2.24. The summed E-state index contributed by atoms with van der Waals surface area (Å²) >= 11 is 0. The van der Waals surface area contributed by atoms with Crippen LogP contribution < -0.4 is 0 Å². The molecule has 0 spiro atoms. The van der Waals surface area contributed by atoms with Gasteiger partial charge in [0.15, 0.2) is 0 Å². The first-order valence-corrected chi connectivity index (χ1v) is 6.54. The number of carbonyl (C=O) groups excluding carboxylic acids is 1. The molecule has 0 aromatic rings. The molecule has 4 nitrogen and oxygen atoms in total. The van der Waals surface area contributed by atoms with Crippen molar-refractivity contribution >= 4 is 5.97 Å². The summed E-state index contributed by atoms with van der Waals surface area (Å²) in [5, 5.41) is 0. The van der Waals surface area contributed by atoms with Crippen LogP contribution in [-0.4, -0.2) is 18.4 Å². The second kappa shape index (κ2) is 9.42. The highest BCUT2D eigenvalue weighted by atomic mass is 17.2. The zero-order chi connectivity index (χ0) is 13.1. The topological polar surface area (TPSA) is 44.8 Å². The van der Waals surface area contributed by atoms with Gasteiger partial charge in [0.25, 0.3) is 0 Å². The third kappa shape index (κ3) is 10.3. The molecule has 0 fully saturated rings. The van der Waals surface area contributed by atoms with E-state index in [4.69, 9.17) is 14.5 Å². The van der Waals surface area contributed by atoms with Crippen molar-refractivity contribution in [2.45, 2.75) is 72.0 Å². The molecule has 0 atom stereocenters. The second-order valence-corrected chi connectivity index (χ2v) is 4.59. The van der Waals surface area contributed by atoms with Crippen molar-refractivity contribution in [2.24, 2.45) is 0 Å². The smallest absolute Gasteiger partial charge is 0.308 e. The number of carbonyl (C=O) groups is 1. The van der Waals surface area contributed by atoms with Crippen LogP contribution in [0.25, 0.3) is 0 Å². The fourth-order valence-electron chi connectivity index (χ4n) is 1.25. The molecule has 0 aliphatic rings. The molecule has 0 unspecified atom stereocenters. The molecule has 0 saturated carbocycles. The number of esters is 1. The van der Waals surface area contributed by atoms with Crippen molar-refractivity contribution in [3.05, 3.63) is 0 Å². The van der Waals surface area contributed by atoms with E-state index in [9.17, 15) is 4.79 Å². The molecule has 0 aliphatic heterocycles. The van der Waals surface area contributed by atoms with Gasteiger partial charge in [0.2, 0.25) is 5.79 Å². The summed E-state index contributed by atoms with van der Waals surface area (Å²) in [4.78, 5) is 21.5. The van der Waals surface area contributed by atoms with E-state index in [1.54, 1.807) is 13.8 Å². The molecule has 0 bridgehead atoms. The highest BCUT2D eigenvalue weighted by molar-refractivity contribution is 5.69. The molecular weight excluding hydrogens is 220 g/mol. The molecule has 0 aliphatic carbocycles. The lowest BCUT2D eigenvalue weighted by Gasteiger charge is -2.23. The highest BCUT2D eigenvalue weighted by Crippen LogP contribution is 2.14. The highest BCUT2D eigenvalue weighted by Gasteiger charge is 2.24. The minimum absolute atomic E-state index is 0.234. The maximum Gasteiger partial charge on any atom is 0.308 e. The largest absolute Gasteiger partial charge is 0.431 e. The number of unbranched alkanes of at least 4 members (excludes halogenated alkanes) is 3. The van der Waals surface area contributed by atoms with E-state index in [2.05, 4.69) is 13.8 Å². The molecule has 0 radical (unpaired) electrons. The average molecular weight is 246 g/mol. The van der Waals surface area contributed by atoms with E-state index in [0.29, 0.717) is 13.0 Å². The lowest BCUT2D eigenvalue weighted by molar-refractivity contribution is -0.407. The Morgan fingerprint density at radius 3 is 2.29 bits per heavy atom. The normalized spacial score (nSPS) is 11.5. The van der Waals surface area contributed by atoms with Crippen LogP contribution in [0.2, 0.25) is 0 Å². The summed E-state index contributed by atoms with van der Waals surface area (Å²) in [5.74, 6) is -1.24. The van der Waals surface area contributed by atoms with Crippen molar-refractivity contribution in [1.29, 1.82) is 0 Å². The van der Waals surface area contributed by atoms with Gasteiger partial charge in [-0.3, -0.25) is 4.79 Å². The zero-order valence-electron chi connectivity index (χ0n) is 11.6. The van der Waals surface area contributed by atoms with Crippen LogP contribution in [-0.2, 0) is 19.3 Å². The quantitative estimate of drug-likeness (QED) is 0.194. The number of rotatable bonds is 10. The number of hydrogen-bond acceptors (Lipinski definition) is 4. The molecule has 102 valence electrons. The van der Waals surface area contributed by atoms with Gasteiger partial charge >= 0.3 is 5.97 Å². The van der Waals surface area contributed by atoms with Gasteiger partial charge in [0.05, 0.1) is 6.61 Å². The van der Waals surface area contributed by atoms with E-state index in [0.717, 1.165) is 32.1 Å². The molecule has 0 N–H and O–H groups in total. The van der Waals surface area contributed by atoms with Gasteiger partial charge < -0.3 is 4.74 Å². The van der Waals surface area contributed by atoms with Crippen molar-refractivity contribution in [3.8, 4) is 0 Å². The van der Waals surface area contributed by atoms with Crippen LogP contribution in [0, 0.1) is 0 Å². The molecule has 0 heterocycles. The van der Waals surface area contributed by atoms with Crippen molar-refractivity contribution in [2.75, 3.05) is 6.61 Å². The van der Waals surface area contributed by atoms with E-state index < -0.39 is 5.79 Å². The van der Waals surface area contributed by atoms with Crippen molar-refractivity contribution in [3.63, 3.8) is 0 Å². The van der Waals surface area contributed by atoms with Crippen LogP contribution in [0.5, 0.6) is 0 Å². The lowest BCUT2D eigenvalue weighted by atomic mass is 10.2. The van der Waals surface area contributed by atoms with Gasteiger partial charge in [-0.05, 0) is 12.8 Å². The summed E-state index contributed by atoms with van der Waals surface area (Å²) in [6, 6.07) is 0. The molecule has 0 rings (SSSR count). The van der Waals surface area contributed by atoms with Crippen LogP contribution in [0.1, 0.15) is 66.2 Å². The first-order valence-electron chi connectivity index (χ1n) is 6.54. The fraction of sp³-hybridized carbons (Fsp3) is 0.923. The lowest BCUT2D eigenvalue weighted by Crippen LogP contribution is -2.31. The predicted octanol–water partition coefficient (Wildman–Crippen LogP) is 3.59. The SMILES string of the molecule is CCCCCC(=O)OC(C)(C)OOCCCC. The van der Waals surface area contributed by atoms with Gasteiger partial charge in [-0.2, -0.15) is 4.89 Å². The van der Waals surface area contributed by atoms with Crippen LogP contribution >= 0.6 is 0 Å². The predicted molar refractivity (Wildman–Crippen MR) is 66.3 cm³/mol. The van der Waals surface area contributed by atoms with Crippen molar-refractivity contribution < 1.29 is 19.3 Å². The summed E-state index contributed by atoms with van der Waals surface area (Å²) < 4.78 is 5.18. The Balaban J connectivity index is 3.70. The number of hydrogen-bond donors (Lipinski definition) is 0. The number of ether oxygens (including phenoxy) is 1. The Kier molecular flexibility index (Phi) is 9.09. The minimum Gasteiger partial charge on any atom is -0.431 e. The van der Waals surface area contributed by atoms with Gasteiger partial charge in [-0.1, -0.05) is 33.1 Å². The molecule has 0 aromatic heterocycles. The Labute approximate surface area is 105 Å². The van der Waals surface area contributed by atoms with Crippen LogP contribution in [0.15, 0.2) is 0 Å². The van der Waals surface area contributed by atoms with Gasteiger partial charge in [-0.15, -0.1) is 0 Å².